The standard InChI is InChI=1S/C22H24ClF3N4O4S/c1-29(2)13-3-4-17(15(23)9-13)35(33,34)14-10-16(18(31)28-20(12-27)5-6-20)30(11-14)19(32)21(7-8-21)22(24,25)26/h3-4,9,14,16H,5-8,10-11H2,1-2H3,(H,28,31)/t14-,16+/m1/s1. The smallest absolute Gasteiger partial charge is 0.378 e. The lowest BCUT2D eigenvalue weighted by Crippen LogP contribution is -2.53. The minimum Gasteiger partial charge on any atom is -0.378 e. The number of carbonyl (C=O) groups excluding carboxylic acids is 2. The molecular weight excluding hydrogens is 509 g/mol. The molecule has 1 heterocycles. The van der Waals surface area contributed by atoms with Gasteiger partial charge in [0.1, 0.15) is 17.0 Å². The van der Waals surface area contributed by atoms with Crippen LogP contribution in [0.2, 0.25) is 5.02 Å². The van der Waals surface area contributed by atoms with Crippen LogP contribution in [-0.2, 0) is 19.4 Å². The van der Waals surface area contributed by atoms with E-state index in [-0.39, 0.29) is 9.92 Å². The first-order valence-electron chi connectivity index (χ1n) is 11.0. The topological polar surface area (TPSA) is 111 Å². The van der Waals surface area contributed by atoms with Gasteiger partial charge in [-0.3, -0.25) is 9.59 Å². The third-order valence-electron chi connectivity index (χ3n) is 7.03. The molecule has 2 aliphatic carbocycles. The predicted octanol–water partition coefficient (Wildman–Crippen LogP) is 2.66. The van der Waals surface area contributed by atoms with E-state index < -0.39 is 75.9 Å². The van der Waals surface area contributed by atoms with Crippen molar-refractivity contribution in [2.75, 3.05) is 25.5 Å². The van der Waals surface area contributed by atoms with Crippen molar-refractivity contribution in [2.45, 2.75) is 60.0 Å². The number of rotatable bonds is 6. The van der Waals surface area contributed by atoms with Crippen LogP contribution >= 0.6 is 11.6 Å². The van der Waals surface area contributed by atoms with Crippen LogP contribution in [-0.4, -0.2) is 68.8 Å². The number of alkyl halides is 3. The van der Waals surface area contributed by atoms with Crippen LogP contribution in [0.1, 0.15) is 32.1 Å². The summed E-state index contributed by atoms with van der Waals surface area (Å²) in [6.45, 7) is -0.581. The number of nitrogens with one attached hydrogen (secondary N) is 1. The third-order valence-corrected chi connectivity index (χ3v) is 9.64. The lowest BCUT2D eigenvalue weighted by molar-refractivity contribution is -0.199. The van der Waals surface area contributed by atoms with Crippen molar-refractivity contribution in [3.8, 4) is 6.07 Å². The van der Waals surface area contributed by atoms with Gasteiger partial charge in [0.05, 0.1) is 21.2 Å². The minimum absolute atomic E-state index is 0.0719. The Kier molecular flexibility index (Phi) is 6.04. The van der Waals surface area contributed by atoms with E-state index in [4.69, 9.17) is 11.6 Å². The highest BCUT2D eigenvalue weighted by Crippen LogP contribution is 2.59. The van der Waals surface area contributed by atoms with Gasteiger partial charge in [0, 0.05) is 26.3 Å². The van der Waals surface area contributed by atoms with E-state index in [1.165, 1.54) is 18.2 Å². The molecule has 0 aromatic heterocycles. The van der Waals surface area contributed by atoms with E-state index in [2.05, 4.69) is 5.32 Å². The Hall–Kier alpha value is -2.52. The van der Waals surface area contributed by atoms with Gasteiger partial charge >= 0.3 is 6.18 Å². The molecule has 2 amide bonds. The molecule has 0 bridgehead atoms. The highest BCUT2D eigenvalue weighted by atomic mass is 35.5. The van der Waals surface area contributed by atoms with Crippen LogP contribution < -0.4 is 10.2 Å². The Balaban J connectivity index is 1.67. The Morgan fingerprint density at radius 2 is 1.86 bits per heavy atom. The molecule has 35 heavy (non-hydrogen) atoms. The second-order valence-electron chi connectivity index (χ2n) is 9.65. The number of hydrogen-bond acceptors (Lipinski definition) is 6. The summed E-state index contributed by atoms with van der Waals surface area (Å²) in [7, 11) is -0.726. The molecule has 0 radical (unpaired) electrons. The van der Waals surface area contributed by atoms with E-state index in [1.54, 1.807) is 19.0 Å². The highest BCUT2D eigenvalue weighted by Gasteiger charge is 2.70. The molecule has 1 saturated heterocycles. The van der Waals surface area contributed by atoms with Gasteiger partial charge in [-0.2, -0.15) is 18.4 Å². The molecule has 1 aromatic rings. The molecule has 0 unspecified atom stereocenters. The lowest BCUT2D eigenvalue weighted by Gasteiger charge is -2.29. The van der Waals surface area contributed by atoms with E-state index in [9.17, 15) is 36.4 Å². The number of likely N-dealkylation sites (tertiary alicyclic amines) is 1. The van der Waals surface area contributed by atoms with Crippen molar-refractivity contribution in [3.63, 3.8) is 0 Å². The number of sulfone groups is 1. The third kappa shape index (κ3) is 4.33. The molecule has 1 aliphatic heterocycles. The van der Waals surface area contributed by atoms with Crippen LogP contribution in [0.5, 0.6) is 0 Å². The summed E-state index contributed by atoms with van der Waals surface area (Å²) in [5.74, 6) is -2.14. The van der Waals surface area contributed by atoms with Crippen molar-refractivity contribution in [1.82, 2.24) is 10.2 Å². The largest absolute Gasteiger partial charge is 0.403 e. The van der Waals surface area contributed by atoms with Crippen molar-refractivity contribution in [3.05, 3.63) is 23.2 Å². The quantitative estimate of drug-likeness (QED) is 0.603. The monoisotopic (exact) mass is 532 g/mol. The summed E-state index contributed by atoms with van der Waals surface area (Å²) in [6.07, 6.45) is -5.32. The maximum Gasteiger partial charge on any atom is 0.403 e. The SMILES string of the molecule is CN(C)c1ccc(S(=O)(=O)[C@@H]2C[C@@H](C(=O)NC3(C#N)CC3)N(C(=O)C3(C(F)(F)F)CC3)C2)c(Cl)c1. The number of anilines is 1. The second-order valence-corrected chi connectivity index (χ2v) is 12.3. The van der Waals surface area contributed by atoms with Gasteiger partial charge in [-0.1, -0.05) is 11.6 Å². The van der Waals surface area contributed by atoms with Crippen molar-refractivity contribution < 1.29 is 31.2 Å². The van der Waals surface area contributed by atoms with Gasteiger partial charge in [-0.15, -0.1) is 0 Å². The molecule has 13 heteroatoms. The summed E-state index contributed by atoms with van der Waals surface area (Å²) in [4.78, 5) is 28.3. The summed E-state index contributed by atoms with van der Waals surface area (Å²) in [6, 6.07) is 4.79. The number of benzene rings is 1. The minimum atomic E-state index is -4.82. The highest BCUT2D eigenvalue weighted by molar-refractivity contribution is 7.92. The van der Waals surface area contributed by atoms with Crippen LogP contribution in [0.15, 0.2) is 23.1 Å². The van der Waals surface area contributed by atoms with Crippen molar-refractivity contribution >= 4 is 38.9 Å². The second kappa shape index (κ2) is 8.27. The molecule has 0 spiro atoms. The Morgan fingerprint density at radius 1 is 1.23 bits per heavy atom. The van der Waals surface area contributed by atoms with E-state index in [0.29, 0.717) is 18.5 Å². The maximum absolute atomic E-state index is 13.7. The molecule has 3 aliphatic rings. The molecule has 2 atom stereocenters. The summed E-state index contributed by atoms with van der Waals surface area (Å²) >= 11 is 6.24. The molecule has 1 aromatic carbocycles. The number of carbonyl (C=O) groups is 2. The Bertz CT molecular complexity index is 1220. The van der Waals surface area contributed by atoms with Crippen LogP contribution in [0.4, 0.5) is 18.9 Å². The predicted molar refractivity (Wildman–Crippen MR) is 120 cm³/mol. The number of nitrogens with zero attached hydrogens (tertiary/aromatic N) is 3. The van der Waals surface area contributed by atoms with Gasteiger partial charge in [-0.25, -0.2) is 8.42 Å². The molecule has 4 rings (SSSR count). The fourth-order valence-corrected chi connectivity index (χ4v) is 6.64. The summed E-state index contributed by atoms with van der Waals surface area (Å²) in [5.41, 5.74) is -3.10. The molecule has 2 saturated carbocycles. The Morgan fingerprint density at radius 3 is 2.31 bits per heavy atom. The lowest BCUT2D eigenvalue weighted by atomic mass is 10.0. The molecule has 190 valence electrons. The first-order chi connectivity index (χ1) is 16.2. The molecular formula is C22H24ClF3N4O4S. The number of hydrogen-bond donors (Lipinski definition) is 1. The first kappa shape index (κ1) is 25.6. The van der Waals surface area contributed by atoms with Crippen molar-refractivity contribution in [1.29, 1.82) is 5.26 Å². The van der Waals surface area contributed by atoms with Crippen LogP contribution in [0.25, 0.3) is 0 Å². The fraction of sp³-hybridized carbons (Fsp3) is 0.591. The average molecular weight is 533 g/mol. The van der Waals surface area contributed by atoms with E-state index in [1.807, 2.05) is 6.07 Å². The van der Waals surface area contributed by atoms with Gasteiger partial charge in [-0.05, 0) is 50.3 Å². The number of halogens is 4. The summed E-state index contributed by atoms with van der Waals surface area (Å²) < 4.78 is 67.9. The average Bonchev–Trinajstić information content (AvgIpc) is 3.69. The number of amides is 2. The first-order valence-corrected chi connectivity index (χ1v) is 12.9. The van der Waals surface area contributed by atoms with Gasteiger partial charge < -0.3 is 15.1 Å². The van der Waals surface area contributed by atoms with Crippen LogP contribution in [0.3, 0.4) is 0 Å². The number of nitriles is 1. The van der Waals surface area contributed by atoms with E-state index >= 15 is 0 Å². The zero-order valence-corrected chi connectivity index (χ0v) is 20.6. The molecule has 1 N–H and O–H groups in total. The van der Waals surface area contributed by atoms with Gasteiger partial charge in [0.15, 0.2) is 9.84 Å². The van der Waals surface area contributed by atoms with Crippen molar-refractivity contribution in [2.24, 2.45) is 5.41 Å². The zero-order chi connectivity index (χ0) is 26.0. The van der Waals surface area contributed by atoms with Crippen LogP contribution in [0, 0.1) is 16.7 Å². The Labute approximate surface area is 205 Å². The summed E-state index contributed by atoms with van der Waals surface area (Å²) in [5, 5.41) is 10.4. The molecule has 3 fully saturated rings. The van der Waals surface area contributed by atoms with E-state index in [0.717, 1.165) is 4.90 Å². The van der Waals surface area contributed by atoms with Gasteiger partial charge in [0.2, 0.25) is 11.8 Å². The van der Waals surface area contributed by atoms with Gasteiger partial charge in [0.25, 0.3) is 0 Å². The maximum atomic E-state index is 13.7. The fourth-order valence-electron chi connectivity index (χ4n) is 4.40. The zero-order valence-electron chi connectivity index (χ0n) is 19.0. The normalized spacial score (nSPS) is 24.4. The molecule has 8 nitrogen and oxygen atoms in total.